The highest BCUT2D eigenvalue weighted by atomic mass is 32.2. The van der Waals surface area contributed by atoms with Crippen molar-refractivity contribution >= 4 is 38.6 Å². The Bertz CT molecular complexity index is 827. The first-order chi connectivity index (χ1) is 11.9. The molecule has 0 radical (unpaired) electrons. The van der Waals surface area contributed by atoms with Crippen LogP contribution in [-0.2, 0) is 21.4 Å². The molecule has 5 nitrogen and oxygen atoms in total. The molecular weight excluding hydrogens is 376 g/mol. The molecule has 1 atom stereocenters. The van der Waals surface area contributed by atoms with Crippen molar-refractivity contribution in [1.29, 1.82) is 0 Å². The van der Waals surface area contributed by atoms with Crippen LogP contribution in [0, 0.1) is 12.8 Å². The molecule has 0 N–H and O–H groups in total. The second kappa shape index (κ2) is 7.57. The van der Waals surface area contributed by atoms with Crippen LogP contribution in [-0.4, -0.2) is 43.7 Å². The fraction of sp³-hybridized carbons (Fsp3) is 0.471. The van der Waals surface area contributed by atoms with Crippen molar-refractivity contribution in [2.24, 2.45) is 5.92 Å². The van der Waals surface area contributed by atoms with Gasteiger partial charge in [-0.15, -0.1) is 11.3 Å². The standard InChI is InChI=1S/C17H22N2O3S3/c1-13-5-6-16(24-13)25(21,22)19-8-3-4-15(11-19)17(20)18(2)10-14-7-9-23-12-14/h5-7,9,12,15H,3-4,8,10-11H2,1-2H3/t15-/m1/s1. The van der Waals surface area contributed by atoms with Gasteiger partial charge in [0.05, 0.1) is 5.92 Å². The number of thiophene rings is 2. The Morgan fingerprint density at radius 3 is 2.80 bits per heavy atom. The lowest BCUT2D eigenvalue weighted by Gasteiger charge is -2.33. The summed E-state index contributed by atoms with van der Waals surface area (Å²) in [5.41, 5.74) is 1.11. The summed E-state index contributed by atoms with van der Waals surface area (Å²) in [6.45, 7) is 3.21. The molecule has 0 aliphatic carbocycles. The van der Waals surface area contributed by atoms with E-state index in [2.05, 4.69) is 0 Å². The molecule has 0 unspecified atom stereocenters. The second-order valence-electron chi connectivity index (χ2n) is 6.39. The highest BCUT2D eigenvalue weighted by molar-refractivity contribution is 7.91. The number of aryl methyl sites for hydroxylation is 1. The second-order valence-corrected chi connectivity index (χ2v) is 10.6. The maximum atomic E-state index is 12.8. The van der Waals surface area contributed by atoms with Crippen molar-refractivity contribution < 1.29 is 13.2 Å². The zero-order valence-electron chi connectivity index (χ0n) is 14.3. The van der Waals surface area contributed by atoms with Gasteiger partial charge in [-0.3, -0.25) is 4.79 Å². The van der Waals surface area contributed by atoms with Crippen LogP contribution in [0.15, 0.2) is 33.2 Å². The van der Waals surface area contributed by atoms with Crippen LogP contribution in [0.25, 0.3) is 0 Å². The minimum absolute atomic E-state index is 0.0217. The number of piperidine rings is 1. The molecular formula is C17H22N2O3S3. The van der Waals surface area contributed by atoms with Crippen LogP contribution in [0.1, 0.15) is 23.3 Å². The normalized spacial score (nSPS) is 19.0. The van der Waals surface area contributed by atoms with Gasteiger partial charge >= 0.3 is 0 Å². The van der Waals surface area contributed by atoms with E-state index < -0.39 is 10.0 Å². The van der Waals surface area contributed by atoms with Crippen molar-refractivity contribution in [3.8, 4) is 0 Å². The van der Waals surface area contributed by atoms with Gasteiger partial charge in [-0.2, -0.15) is 15.6 Å². The molecule has 1 amide bonds. The number of amides is 1. The van der Waals surface area contributed by atoms with Gasteiger partial charge in [-0.25, -0.2) is 8.42 Å². The van der Waals surface area contributed by atoms with Crippen LogP contribution in [0.2, 0.25) is 0 Å². The summed E-state index contributed by atoms with van der Waals surface area (Å²) in [6.07, 6.45) is 1.45. The van der Waals surface area contributed by atoms with Crippen LogP contribution in [0.5, 0.6) is 0 Å². The van der Waals surface area contributed by atoms with Gasteiger partial charge in [0.1, 0.15) is 4.21 Å². The number of carbonyl (C=O) groups is 1. The quantitative estimate of drug-likeness (QED) is 0.777. The number of hydrogen-bond donors (Lipinski definition) is 0. The van der Waals surface area contributed by atoms with E-state index in [4.69, 9.17) is 0 Å². The van der Waals surface area contributed by atoms with Crippen LogP contribution >= 0.6 is 22.7 Å². The highest BCUT2D eigenvalue weighted by Crippen LogP contribution is 2.29. The smallest absolute Gasteiger partial charge is 0.252 e. The molecule has 3 rings (SSSR count). The van der Waals surface area contributed by atoms with Gasteiger partial charge < -0.3 is 4.90 Å². The molecule has 136 valence electrons. The third-order valence-electron chi connectivity index (χ3n) is 4.42. The van der Waals surface area contributed by atoms with E-state index in [0.717, 1.165) is 16.9 Å². The molecule has 0 aromatic carbocycles. The van der Waals surface area contributed by atoms with Crippen molar-refractivity contribution in [2.45, 2.75) is 30.5 Å². The van der Waals surface area contributed by atoms with E-state index in [1.807, 2.05) is 29.8 Å². The van der Waals surface area contributed by atoms with Crippen molar-refractivity contribution in [3.63, 3.8) is 0 Å². The monoisotopic (exact) mass is 398 g/mol. The van der Waals surface area contributed by atoms with E-state index in [9.17, 15) is 13.2 Å². The number of carbonyl (C=O) groups excluding carboxylic acids is 1. The van der Waals surface area contributed by atoms with Crippen LogP contribution in [0.3, 0.4) is 0 Å². The molecule has 2 aromatic rings. The molecule has 25 heavy (non-hydrogen) atoms. The fourth-order valence-corrected chi connectivity index (χ4v) is 6.71. The third-order valence-corrected chi connectivity index (χ3v) is 8.48. The summed E-state index contributed by atoms with van der Waals surface area (Å²) < 4.78 is 27.5. The largest absolute Gasteiger partial charge is 0.341 e. The van der Waals surface area contributed by atoms with E-state index >= 15 is 0 Å². The minimum atomic E-state index is -3.50. The lowest BCUT2D eigenvalue weighted by atomic mass is 9.98. The number of nitrogens with zero attached hydrogens (tertiary/aromatic N) is 2. The molecule has 3 heterocycles. The fourth-order valence-electron chi connectivity index (χ4n) is 3.09. The van der Waals surface area contributed by atoms with Crippen LogP contribution in [0.4, 0.5) is 0 Å². The Morgan fingerprint density at radius 1 is 1.36 bits per heavy atom. The first-order valence-corrected chi connectivity index (χ1v) is 11.4. The van der Waals surface area contributed by atoms with Crippen molar-refractivity contribution in [1.82, 2.24) is 9.21 Å². The molecule has 8 heteroatoms. The Kier molecular flexibility index (Phi) is 5.62. The molecule has 1 fully saturated rings. The summed E-state index contributed by atoms with van der Waals surface area (Å²) in [6, 6.07) is 5.48. The summed E-state index contributed by atoms with van der Waals surface area (Å²) in [4.78, 5) is 15.4. The average Bonchev–Trinajstić information content (AvgIpc) is 3.26. The van der Waals surface area contributed by atoms with Gasteiger partial charge in [-0.1, -0.05) is 0 Å². The first-order valence-electron chi connectivity index (χ1n) is 8.20. The molecule has 2 aromatic heterocycles. The van der Waals surface area contributed by atoms with Gasteiger partial charge in [0.2, 0.25) is 5.91 Å². The Labute approximate surface area is 156 Å². The summed E-state index contributed by atoms with van der Waals surface area (Å²) >= 11 is 2.89. The van der Waals surface area contributed by atoms with E-state index in [-0.39, 0.29) is 18.4 Å². The maximum absolute atomic E-state index is 12.8. The topological polar surface area (TPSA) is 57.7 Å². The predicted molar refractivity (Wildman–Crippen MR) is 101 cm³/mol. The van der Waals surface area contributed by atoms with Gasteiger partial charge in [0.25, 0.3) is 10.0 Å². The summed E-state index contributed by atoms with van der Waals surface area (Å²) in [5.74, 6) is -0.248. The Hall–Kier alpha value is -1.22. The first kappa shape index (κ1) is 18.6. The zero-order chi connectivity index (χ0) is 18.0. The lowest BCUT2D eigenvalue weighted by molar-refractivity contribution is -0.135. The summed E-state index contributed by atoms with van der Waals surface area (Å²) in [5, 5.41) is 4.02. The van der Waals surface area contributed by atoms with Crippen LogP contribution < -0.4 is 0 Å². The van der Waals surface area contributed by atoms with E-state index in [0.29, 0.717) is 23.7 Å². The summed E-state index contributed by atoms with van der Waals surface area (Å²) in [7, 11) is -1.71. The zero-order valence-corrected chi connectivity index (χ0v) is 16.8. The predicted octanol–water partition coefficient (Wildman–Crippen LogP) is 3.18. The van der Waals surface area contributed by atoms with Gasteiger partial charge in [0.15, 0.2) is 0 Å². The number of rotatable bonds is 5. The molecule has 0 bridgehead atoms. The molecule has 1 aliphatic heterocycles. The molecule has 1 aliphatic rings. The highest BCUT2D eigenvalue weighted by Gasteiger charge is 2.35. The molecule has 0 saturated carbocycles. The van der Waals surface area contributed by atoms with E-state index in [1.54, 1.807) is 29.4 Å². The van der Waals surface area contributed by atoms with Gasteiger partial charge in [0, 0.05) is 31.6 Å². The Balaban J connectivity index is 1.69. The molecule has 1 saturated heterocycles. The lowest BCUT2D eigenvalue weighted by Crippen LogP contribution is -2.45. The number of sulfonamides is 1. The average molecular weight is 399 g/mol. The number of hydrogen-bond acceptors (Lipinski definition) is 5. The van der Waals surface area contributed by atoms with E-state index in [1.165, 1.54) is 15.6 Å². The minimum Gasteiger partial charge on any atom is -0.341 e. The Morgan fingerprint density at radius 2 is 2.16 bits per heavy atom. The maximum Gasteiger partial charge on any atom is 0.252 e. The third kappa shape index (κ3) is 4.13. The molecule has 0 spiro atoms. The van der Waals surface area contributed by atoms with Gasteiger partial charge in [-0.05, 0) is 54.3 Å². The van der Waals surface area contributed by atoms with Crippen molar-refractivity contribution in [2.75, 3.05) is 20.1 Å². The van der Waals surface area contributed by atoms with Crippen molar-refractivity contribution in [3.05, 3.63) is 39.4 Å². The SMILES string of the molecule is Cc1ccc(S(=O)(=O)N2CCC[C@@H](C(=O)N(C)Cc3ccsc3)C2)s1.